The summed E-state index contributed by atoms with van der Waals surface area (Å²) < 4.78 is 0. The Kier molecular flexibility index (Phi) is 6.87. The number of nitro groups is 2. The number of nitrogens with one attached hydrogen (secondary N) is 1. The summed E-state index contributed by atoms with van der Waals surface area (Å²) >= 11 is 0. The van der Waals surface area contributed by atoms with Crippen molar-refractivity contribution in [1.82, 2.24) is 0 Å². The fourth-order valence-corrected chi connectivity index (χ4v) is 2.05. The molecule has 0 bridgehead atoms. The van der Waals surface area contributed by atoms with Crippen LogP contribution in [0.3, 0.4) is 0 Å². The molecule has 4 N–H and O–H groups in total. The van der Waals surface area contributed by atoms with Crippen molar-refractivity contribution in [1.29, 1.82) is 0 Å². The average molecular weight is 326 g/mol. The fourth-order valence-electron chi connectivity index (χ4n) is 2.05. The SMILES string of the molecule is NCCCCCCNc1c(C(=O)O)cc([N+](=O)[O-])cc1[N+](=O)[O-]. The summed E-state index contributed by atoms with van der Waals surface area (Å²) in [6, 6.07) is 1.56. The number of hydrogen-bond donors (Lipinski definition) is 3. The van der Waals surface area contributed by atoms with Gasteiger partial charge >= 0.3 is 5.97 Å². The second-order valence-corrected chi connectivity index (χ2v) is 4.84. The quantitative estimate of drug-likeness (QED) is 0.334. The monoisotopic (exact) mass is 326 g/mol. The Morgan fingerprint density at radius 3 is 2.30 bits per heavy atom. The molecule has 0 radical (unpaired) electrons. The maximum atomic E-state index is 11.2. The highest BCUT2D eigenvalue weighted by atomic mass is 16.6. The number of rotatable bonds is 10. The van der Waals surface area contributed by atoms with Crippen molar-refractivity contribution < 1.29 is 19.7 Å². The molecule has 0 saturated carbocycles. The van der Waals surface area contributed by atoms with Crippen LogP contribution in [0.1, 0.15) is 36.0 Å². The number of benzene rings is 1. The van der Waals surface area contributed by atoms with E-state index in [9.17, 15) is 25.0 Å². The van der Waals surface area contributed by atoms with Crippen LogP contribution in [0.2, 0.25) is 0 Å². The smallest absolute Gasteiger partial charge is 0.338 e. The summed E-state index contributed by atoms with van der Waals surface area (Å²) in [6.07, 6.45) is 3.30. The number of hydrogen-bond acceptors (Lipinski definition) is 7. The molecule has 126 valence electrons. The molecule has 10 nitrogen and oxygen atoms in total. The molecule has 0 aromatic heterocycles. The van der Waals surface area contributed by atoms with Crippen molar-refractivity contribution in [3.63, 3.8) is 0 Å². The van der Waals surface area contributed by atoms with Crippen LogP contribution in [-0.2, 0) is 0 Å². The molecule has 0 spiro atoms. The Labute approximate surface area is 131 Å². The fraction of sp³-hybridized carbons (Fsp3) is 0.462. The normalized spacial score (nSPS) is 10.3. The van der Waals surface area contributed by atoms with Crippen LogP contribution in [0.5, 0.6) is 0 Å². The van der Waals surface area contributed by atoms with Crippen molar-refractivity contribution in [2.45, 2.75) is 25.7 Å². The third-order valence-electron chi connectivity index (χ3n) is 3.17. The van der Waals surface area contributed by atoms with Crippen molar-refractivity contribution in [3.8, 4) is 0 Å². The van der Waals surface area contributed by atoms with E-state index in [2.05, 4.69) is 5.32 Å². The van der Waals surface area contributed by atoms with Crippen molar-refractivity contribution in [2.75, 3.05) is 18.4 Å². The second kappa shape index (κ2) is 8.63. The lowest BCUT2D eigenvalue weighted by molar-refractivity contribution is -0.393. The van der Waals surface area contributed by atoms with Gasteiger partial charge in [-0.05, 0) is 19.4 Å². The average Bonchev–Trinajstić information content (AvgIpc) is 2.49. The van der Waals surface area contributed by atoms with Crippen LogP contribution >= 0.6 is 0 Å². The Bertz CT molecular complexity index is 569. The molecule has 23 heavy (non-hydrogen) atoms. The number of non-ortho nitro benzene ring substituents is 1. The summed E-state index contributed by atoms with van der Waals surface area (Å²) in [5, 5.41) is 33.7. The van der Waals surface area contributed by atoms with E-state index in [0.717, 1.165) is 31.4 Å². The number of carbonyl (C=O) groups is 1. The molecule has 1 aromatic rings. The lowest BCUT2D eigenvalue weighted by Crippen LogP contribution is -2.11. The van der Waals surface area contributed by atoms with Gasteiger partial charge in [-0.3, -0.25) is 20.2 Å². The summed E-state index contributed by atoms with van der Waals surface area (Å²) in [5.41, 5.74) is 3.40. The van der Waals surface area contributed by atoms with Gasteiger partial charge in [0.1, 0.15) is 5.69 Å². The molecule has 0 amide bonds. The van der Waals surface area contributed by atoms with E-state index in [-0.39, 0.29) is 5.69 Å². The number of nitro benzene ring substituents is 2. The molecular weight excluding hydrogens is 308 g/mol. The molecule has 0 aliphatic rings. The highest BCUT2D eigenvalue weighted by molar-refractivity contribution is 5.98. The Morgan fingerprint density at radius 1 is 1.13 bits per heavy atom. The molecule has 0 atom stereocenters. The van der Waals surface area contributed by atoms with E-state index < -0.39 is 32.8 Å². The van der Waals surface area contributed by atoms with Gasteiger partial charge in [0.2, 0.25) is 0 Å². The van der Waals surface area contributed by atoms with E-state index in [4.69, 9.17) is 10.8 Å². The molecule has 0 heterocycles. The zero-order chi connectivity index (χ0) is 17.4. The summed E-state index contributed by atoms with van der Waals surface area (Å²) in [6.45, 7) is 0.911. The Balaban J connectivity index is 3.00. The maximum absolute atomic E-state index is 11.2. The topological polar surface area (TPSA) is 162 Å². The first-order valence-electron chi connectivity index (χ1n) is 7.02. The lowest BCUT2D eigenvalue weighted by atomic mass is 10.1. The summed E-state index contributed by atoms with van der Waals surface area (Å²) in [7, 11) is 0. The van der Waals surface area contributed by atoms with Gasteiger partial charge in [-0.25, -0.2) is 4.79 Å². The number of carboxylic acid groups (broad SMARTS) is 1. The molecule has 10 heteroatoms. The molecular formula is C13H18N4O6. The van der Waals surface area contributed by atoms with Crippen molar-refractivity contribution in [3.05, 3.63) is 37.9 Å². The largest absolute Gasteiger partial charge is 0.478 e. The molecule has 0 unspecified atom stereocenters. The number of anilines is 1. The molecule has 0 saturated heterocycles. The molecule has 0 fully saturated rings. The van der Waals surface area contributed by atoms with Crippen LogP contribution in [-0.4, -0.2) is 34.0 Å². The highest BCUT2D eigenvalue weighted by Crippen LogP contribution is 2.33. The Morgan fingerprint density at radius 2 is 1.78 bits per heavy atom. The first-order valence-corrected chi connectivity index (χ1v) is 7.02. The predicted molar refractivity (Wildman–Crippen MR) is 82.7 cm³/mol. The molecule has 1 aromatic carbocycles. The van der Waals surface area contributed by atoms with Gasteiger partial charge in [0.15, 0.2) is 0 Å². The molecule has 1 rings (SSSR count). The van der Waals surface area contributed by atoms with Gasteiger partial charge in [-0.1, -0.05) is 12.8 Å². The van der Waals surface area contributed by atoms with Crippen molar-refractivity contribution >= 4 is 23.0 Å². The van der Waals surface area contributed by atoms with Gasteiger partial charge in [-0.15, -0.1) is 0 Å². The number of nitrogens with two attached hydrogens (primary N) is 1. The zero-order valence-corrected chi connectivity index (χ0v) is 12.4. The van der Waals surface area contributed by atoms with E-state index in [1.165, 1.54) is 0 Å². The van der Waals surface area contributed by atoms with Gasteiger partial charge in [0.25, 0.3) is 11.4 Å². The van der Waals surface area contributed by atoms with E-state index >= 15 is 0 Å². The highest BCUT2D eigenvalue weighted by Gasteiger charge is 2.27. The van der Waals surface area contributed by atoms with Gasteiger partial charge < -0.3 is 16.2 Å². The van der Waals surface area contributed by atoms with Gasteiger partial charge in [-0.2, -0.15) is 0 Å². The number of nitrogens with zero attached hydrogens (tertiary/aromatic N) is 2. The van der Waals surface area contributed by atoms with Crippen LogP contribution in [0.15, 0.2) is 12.1 Å². The van der Waals surface area contributed by atoms with E-state index in [1.54, 1.807) is 0 Å². The van der Waals surface area contributed by atoms with E-state index in [0.29, 0.717) is 19.5 Å². The minimum atomic E-state index is -1.47. The van der Waals surface area contributed by atoms with Crippen LogP contribution in [0, 0.1) is 20.2 Å². The number of aromatic carboxylic acids is 1. The zero-order valence-electron chi connectivity index (χ0n) is 12.4. The second-order valence-electron chi connectivity index (χ2n) is 4.84. The number of carboxylic acids is 1. The van der Waals surface area contributed by atoms with Crippen LogP contribution in [0.25, 0.3) is 0 Å². The maximum Gasteiger partial charge on any atom is 0.338 e. The summed E-state index contributed by atoms with van der Waals surface area (Å²) in [5.74, 6) is -1.47. The van der Waals surface area contributed by atoms with Gasteiger partial charge in [0, 0.05) is 12.6 Å². The van der Waals surface area contributed by atoms with E-state index in [1.807, 2.05) is 0 Å². The minimum absolute atomic E-state index is 0.216. The minimum Gasteiger partial charge on any atom is -0.478 e. The lowest BCUT2D eigenvalue weighted by Gasteiger charge is -2.10. The van der Waals surface area contributed by atoms with Crippen molar-refractivity contribution in [2.24, 2.45) is 5.73 Å². The van der Waals surface area contributed by atoms with Crippen LogP contribution in [0.4, 0.5) is 17.1 Å². The van der Waals surface area contributed by atoms with Crippen LogP contribution < -0.4 is 11.1 Å². The summed E-state index contributed by atoms with van der Waals surface area (Å²) in [4.78, 5) is 31.4. The third-order valence-corrected chi connectivity index (χ3v) is 3.17. The predicted octanol–water partition coefficient (Wildman–Crippen LogP) is 2.13. The van der Waals surface area contributed by atoms with Gasteiger partial charge in [0.05, 0.1) is 21.5 Å². The first-order chi connectivity index (χ1) is 10.9. The Hall–Kier alpha value is -2.75. The standard InChI is InChI=1S/C13H18N4O6/c14-5-3-1-2-4-6-15-12-10(13(18)19)7-9(16(20)21)8-11(12)17(22)23/h7-8,15H,1-6,14H2,(H,18,19). The third kappa shape index (κ3) is 5.18. The molecule has 0 aliphatic heterocycles. The molecule has 0 aliphatic carbocycles. The first kappa shape index (κ1) is 18.3. The number of unbranched alkanes of at least 4 members (excludes halogenated alkanes) is 3.